The summed E-state index contributed by atoms with van der Waals surface area (Å²) in [6, 6.07) is 9.65. The maximum Gasteiger partial charge on any atom is 0.324 e. The summed E-state index contributed by atoms with van der Waals surface area (Å²) in [5.74, 6) is -2.59. The number of ether oxygens (including phenoxy) is 1. The van der Waals surface area contributed by atoms with Gasteiger partial charge in [0.1, 0.15) is 17.3 Å². The third-order valence-electron chi connectivity index (χ3n) is 12.3. The van der Waals surface area contributed by atoms with E-state index in [9.17, 15) is 23.2 Å². The second-order valence-corrected chi connectivity index (χ2v) is 16.4. The van der Waals surface area contributed by atoms with Crippen LogP contribution in [0.4, 0.5) is 18.0 Å². The van der Waals surface area contributed by atoms with E-state index in [1.54, 1.807) is 26.0 Å². The molecule has 3 atom stereocenters. The molecular formula is C39H48F3N3O4. The largest absolute Gasteiger partial charge is 0.490 e. The van der Waals surface area contributed by atoms with E-state index in [1.807, 2.05) is 18.2 Å². The summed E-state index contributed by atoms with van der Waals surface area (Å²) in [5, 5.41) is 5.95. The molecule has 7 rings (SSSR count). The molecule has 0 aromatic heterocycles. The van der Waals surface area contributed by atoms with Gasteiger partial charge < -0.3 is 15.0 Å². The first-order valence-corrected chi connectivity index (χ1v) is 18.0. The van der Waals surface area contributed by atoms with Crippen molar-refractivity contribution < 1.29 is 32.3 Å². The van der Waals surface area contributed by atoms with Crippen LogP contribution in [0.1, 0.15) is 108 Å². The van der Waals surface area contributed by atoms with Gasteiger partial charge in [0.15, 0.2) is 0 Å². The number of Topliss-reactive ketones (excluding diaryl/α,β-unsaturated/α-hetero) is 1. The lowest BCUT2D eigenvalue weighted by atomic mass is 9.69. The normalized spacial score (nSPS) is 27.3. The van der Waals surface area contributed by atoms with Crippen molar-refractivity contribution in [3.8, 4) is 16.9 Å². The van der Waals surface area contributed by atoms with Crippen LogP contribution in [0.25, 0.3) is 11.1 Å². The first-order chi connectivity index (χ1) is 23.2. The second kappa shape index (κ2) is 12.4. The molecule has 0 radical (unpaired) electrons. The van der Waals surface area contributed by atoms with E-state index in [0.29, 0.717) is 40.2 Å². The van der Waals surface area contributed by atoms with E-state index < -0.39 is 36.4 Å². The number of carbonyl (C=O) groups is 3. The van der Waals surface area contributed by atoms with Crippen LogP contribution in [0.5, 0.6) is 5.75 Å². The van der Waals surface area contributed by atoms with Crippen LogP contribution in [0.3, 0.4) is 0 Å². The second-order valence-electron chi connectivity index (χ2n) is 16.4. The Morgan fingerprint density at radius 3 is 2.41 bits per heavy atom. The zero-order valence-electron chi connectivity index (χ0n) is 28.8. The number of imide groups is 1. The van der Waals surface area contributed by atoms with Crippen molar-refractivity contribution in [1.29, 1.82) is 0 Å². The minimum Gasteiger partial charge on any atom is -0.490 e. The zero-order chi connectivity index (χ0) is 34.8. The first-order valence-electron chi connectivity index (χ1n) is 18.0. The summed E-state index contributed by atoms with van der Waals surface area (Å²) in [6.07, 6.45) is 10.2. The van der Waals surface area contributed by atoms with E-state index >= 15 is 4.39 Å². The maximum absolute atomic E-state index is 15.5. The number of nitrogens with zero attached hydrogens (tertiary/aromatic N) is 1. The molecule has 49 heavy (non-hydrogen) atoms. The predicted molar refractivity (Wildman–Crippen MR) is 180 cm³/mol. The third-order valence-corrected chi connectivity index (χ3v) is 12.3. The van der Waals surface area contributed by atoms with E-state index in [1.165, 1.54) is 12.5 Å². The Balaban J connectivity index is 1.11. The number of hydrogen-bond acceptors (Lipinski definition) is 5. The Kier molecular flexibility index (Phi) is 8.64. The molecule has 5 fully saturated rings. The number of halogens is 3. The van der Waals surface area contributed by atoms with Gasteiger partial charge >= 0.3 is 6.03 Å². The van der Waals surface area contributed by atoms with Gasteiger partial charge in [-0.25, -0.2) is 18.0 Å². The van der Waals surface area contributed by atoms with Gasteiger partial charge in [-0.05, 0) is 118 Å². The smallest absolute Gasteiger partial charge is 0.324 e. The molecule has 3 aliphatic carbocycles. The average Bonchev–Trinajstić information content (AvgIpc) is 3.60. The summed E-state index contributed by atoms with van der Waals surface area (Å²) in [6.45, 7) is 4.77. The standard InChI is InChI=1S/C39H48F3N3O4/c1-36(2,34(47)44-35(48)45-22-39(41,42)23-45)26-12-14-31(29(19-26)28-9-5-10-30(40)33(28)25-7-4-8-25)49-27-13-11-24(17-27)18-32(46)37(3)20-38(43-21-37)15-6-16-38/h5,9-10,12,14,19,24-25,27,43H,4,6-8,11,13,15-18,20-23H2,1-3H3,(H,44,47,48)/t24-,27-,37+/m1/s1. The molecule has 0 bridgehead atoms. The molecule has 1 spiro atoms. The van der Waals surface area contributed by atoms with E-state index in [4.69, 9.17) is 4.74 Å². The predicted octanol–water partition coefficient (Wildman–Crippen LogP) is 7.65. The van der Waals surface area contributed by atoms with Gasteiger partial charge in [-0.1, -0.05) is 31.5 Å². The number of nitrogens with one attached hydrogen (secondary N) is 2. The third kappa shape index (κ3) is 6.50. The molecule has 3 amide bonds. The minimum absolute atomic E-state index is 0.0867. The van der Waals surface area contributed by atoms with Crippen LogP contribution in [0, 0.1) is 17.2 Å². The Bertz CT molecular complexity index is 1640. The zero-order valence-corrected chi connectivity index (χ0v) is 28.8. The number of ketones is 1. The fourth-order valence-corrected chi connectivity index (χ4v) is 8.65. The number of benzene rings is 2. The molecule has 2 aromatic carbocycles. The number of hydrogen-bond donors (Lipinski definition) is 2. The highest BCUT2D eigenvalue weighted by atomic mass is 19.3. The molecule has 2 N–H and O–H groups in total. The van der Waals surface area contributed by atoms with Gasteiger partial charge in [-0.15, -0.1) is 0 Å². The van der Waals surface area contributed by atoms with Crippen LogP contribution in [0.15, 0.2) is 36.4 Å². The van der Waals surface area contributed by atoms with Gasteiger partial charge in [-0.3, -0.25) is 14.9 Å². The van der Waals surface area contributed by atoms with Crippen molar-refractivity contribution in [3.05, 3.63) is 53.3 Å². The first kappa shape index (κ1) is 34.1. The average molecular weight is 680 g/mol. The molecule has 2 aromatic rings. The summed E-state index contributed by atoms with van der Waals surface area (Å²) < 4.78 is 48.9. The summed E-state index contributed by atoms with van der Waals surface area (Å²) >= 11 is 0. The quantitative estimate of drug-likeness (QED) is 0.284. The van der Waals surface area contributed by atoms with Crippen molar-refractivity contribution in [2.45, 2.75) is 120 Å². The lowest BCUT2D eigenvalue weighted by molar-refractivity contribution is -0.128. The van der Waals surface area contributed by atoms with Crippen molar-refractivity contribution in [1.82, 2.24) is 15.5 Å². The number of amides is 3. The molecular weight excluding hydrogens is 631 g/mol. The lowest BCUT2D eigenvalue weighted by Crippen LogP contribution is -2.62. The highest BCUT2D eigenvalue weighted by molar-refractivity contribution is 6.00. The van der Waals surface area contributed by atoms with Crippen molar-refractivity contribution in [3.63, 3.8) is 0 Å². The number of alkyl halides is 2. The minimum atomic E-state index is -2.94. The number of likely N-dealkylation sites (tertiary alicyclic amines) is 1. The van der Waals surface area contributed by atoms with Crippen LogP contribution < -0.4 is 15.4 Å². The molecule has 2 heterocycles. The van der Waals surface area contributed by atoms with Gasteiger partial charge in [0.2, 0.25) is 5.91 Å². The Morgan fingerprint density at radius 1 is 1.02 bits per heavy atom. The lowest BCUT2D eigenvalue weighted by Gasteiger charge is -2.39. The molecule has 3 saturated carbocycles. The molecule has 2 aliphatic heterocycles. The van der Waals surface area contributed by atoms with Crippen molar-refractivity contribution in [2.24, 2.45) is 11.3 Å². The number of rotatable bonds is 9. The summed E-state index contributed by atoms with van der Waals surface area (Å²) in [5.41, 5.74) is 1.24. The van der Waals surface area contributed by atoms with E-state index in [0.717, 1.165) is 69.2 Å². The summed E-state index contributed by atoms with van der Waals surface area (Å²) in [7, 11) is 0. The fourth-order valence-electron chi connectivity index (χ4n) is 8.65. The van der Waals surface area contributed by atoms with Gasteiger partial charge in [0.05, 0.1) is 24.6 Å². The Morgan fingerprint density at radius 2 is 1.78 bits per heavy atom. The van der Waals surface area contributed by atoms with Gasteiger partial charge in [0, 0.05) is 29.5 Å². The monoisotopic (exact) mass is 679 g/mol. The van der Waals surface area contributed by atoms with Gasteiger partial charge in [-0.2, -0.15) is 0 Å². The van der Waals surface area contributed by atoms with Gasteiger partial charge in [0.25, 0.3) is 5.92 Å². The highest BCUT2D eigenvalue weighted by Crippen LogP contribution is 2.49. The molecule has 2 saturated heterocycles. The van der Waals surface area contributed by atoms with Crippen LogP contribution in [0.2, 0.25) is 0 Å². The number of urea groups is 1. The van der Waals surface area contributed by atoms with Crippen LogP contribution in [-0.4, -0.2) is 59.8 Å². The van der Waals surface area contributed by atoms with Crippen molar-refractivity contribution >= 4 is 17.7 Å². The van der Waals surface area contributed by atoms with E-state index in [-0.39, 0.29) is 34.7 Å². The fraction of sp³-hybridized carbons (Fsp3) is 0.615. The van der Waals surface area contributed by atoms with Crippen molar-refractivity contribution in [2.75, 3.05) is 19.6 Å². The molecule has 10 heteroatoms. The Labute approximate surface area is 286 Å². The SMILES string of the molecule is CC(C)(C(=O)NC(=O)N1CC(F)(F)C1)c1ccc(O[C@@H]2CC[C@@H](CC(=O)[C@]3(C)CNC4(CCC4)C3)C2)c(-c2cccc(F)c2C2CCC2)c1. The molecule has 264 valence electrons. The molecule has 0 unspecified atom stereocenters. The maximum atomic E-state index is 15.5. The Hall–Kier alpha value is -3.40. The topological polar surface area (TPSA) is 87.7 Å². The summed E-state index contributed by atoms with van der Waals surface area (Å²) in [4.78, 5) is 40.4. The highest BCUT2D eigenvalue weighted by Gasteiger charge is 2.52. The van der Waals surface area contributed by atoms with E-state index in [2.05, 4.69) is 17.6 Å². The van der Waals surface area contributed by atoms with Crippen LogP contribution in [-0.2, 0) is 15.0 Å². The number of carbonyl (C=O) groups excluding carboxylic acids is 3. The molecule has 7 nitrogen and oxygen atoms in total. The van der Waals surface area contributed by atoms with Crippen LogP contribution >= 0.6 is 0 Å². The molecule has 5 aliphatic rings.